The maximum Gasteiger partial charge on any atom is 0.0408 e. The van der Waals surface area contributed by atoms with Crippen LogP contribution in [0.3, 0.4) is 0 Å². The van der Waals surface area contributed by atoms with E-state index < -0.39 is 0 Å². The highest BCUT2D eigenvalue weighted by atomic mass is 35.5. The number of nitrogens with one attached hydrogen (secondary N) is 1. The van der Waals surface area contributed by atoms with Gasteiger partial charge in [-0.2, -0.15) is 0 Å². The lowest BCUT2D eigenvalue weighted by Crippen LogP contribution is -2.28. The van der Waals surface area contributed by atoms with Crippen molar-refractivity contribution in [2.24, 2.45) is 17.8 Å². The predicted molar refractivity (Wildman–Crippen MR) is 83.7 cm³/mol. The predicted octanol–water partition coefficient (Wildman–Crippen LogP) is 4.54. The van der Waals surface area contributed by atoms with Gasteiger partial charge in [-0.05, 0) is 67.8 Å². The molecular weight excluding hydrogens is 254 g/mol. The third-order valence-corrected chi connectivity index (χ3v) is 4.40. The maximum atomic E-state index is 6.07. The van der Waals surface area contributed by atoms with Crippen LogP contribution in [0, 0.1) is 17.8 Å². The first kappa shape index (κ1) is 14.9. The molecule has 0 aliphatic heterocycles. The van der Waals surface area contributed by atoms with Gasteiger partial charge in [-0.15, -0.1) is 0 Å². The van der Waals surface area contributed by atoms with Crippen LogP contribution >= 0.6 is 11.6 Å². The summed E-state index contributed by atoms with van der Waals surface area (Å²) >= 11 is 6.07. The first-order valence-corrected chi connectivity index (χ1v) is 7.98. The van der Waals surface area contributed by atoms with Crippen LogP contribution in [-0.2, 0) is 6.42 Å². The number of halogens is 1. The summed E-state index contributed by atoms with van der Waals surface area (Å²) in [4.78, 5) is 0. The van der Waals surface area contributed by atoms with Gasteiger partial charge >= 0.3 is 0 Å². The second kappa shape index (κ2) is 7.31. The second-order valence-corrected chi connectivity index (χ2v) is 6.77. The maximum absolute atomic E-state index is 6.07. The molecule has 1 fully saturated rings. The molecule has 1 aromatic carbocycles. The van der Waals surface area contributed by atoms with Gasteiger partial charge in [-0.25, -0.2) is 0 Å². The van der Waals surface area contributed by atoms with E-state index in [0.717, 1.165) is 29.3 Å². The fourth-order valence-electron chi connectivity index (χ4n) is 3.18. The van der Waals surface area contributed by atoms with Crippen molar-refractivity contribution in [1.29, 1.82) is 0 Å². The molecule has 1 saturated carbocycles. The van der Waals surface area contributed by atoms with E-state index in [1.165, 1.54) is 37.8 Å². The molecule has 1 aliphatic rings. The van der Waals surface area contributed by atoms with E-state index in [2.05, 4.69) is 37.4 Å². The summed E-state index contributed by atoms with van der Waals surface area (Å²) in [6.07, 6.45) is 5.34. The molecule has 2 rings (SSSR count). The molecule has 0 radical (unpaired) electrons. The SMILES string of the molecule is CC(C)CNCC1CCCC1Cc1cccc(Cl)c1. The molecule has 1 nitrogen and oxygen atoms in total. The summed E-state index contributed by atoms with van der Waals surface area (Å²) in [6, 6.07) is 8.36. The van der Waals surface area contributed by atoms with Gasteiger partial charge in [0, 0.05) is 5.02 Å². The highest BCUT2D eigenvalue weighted by Crippen LogP contribution is 2.34. The van der Waals surface area contributed by atoms with E-state index in [1.54, 1.807) is 0 Å². The first-order valence-electron chi connectivity index (χ1n) is 7.60. The molecule has 1 aliphatic carbocycles. The number of hydrogen-bond donors (Lipinski definition) is 1. The molecule has 0 aromatic heterocycles. The lowest BCUT2D eigenvalue weighted by atomic mass is 9.89. The van der Waals surface area contributed by atoms with Crippen LogP contribution in [0.5, 0.6) is 0 Å². The lowest BCUT2D eigenvalue weighted by Gasteiger charge is -2.21. The van der Waals surface area contributed by atoms with Crippen LogP contribution in [-0.4, -0.2) is 13.1 Å². The largest absolute Gasteiger partial charge is 0.316 e. The van der Waals surface area contributed by atoms with Crippen LogP contribution in [0.4, 0.5) is 0 Å². The minimum atomic E-state index is 0.743. The Bertz CT molecular complexity index is 389. The van der Waals surface area contributed by atoms with Crippen molar-refractivity contribution < 1.29 is 0 Å². The summed E-state index contributed by atoms with van der Waals surface area (Å²) < 4.78 is 0. The Morgan fingerprint density at radius 2 is 2.05 bits per heavy atom. The molecule has 0 amide bonds. The molecule has 1 aromatic rings. The van der Waals surface area contributed by atoms with Crippen molar-refractivity contribution in [3.63, 3.8) is 0 Å². The number of benzene rings is 1. The van der Waals surface area contributed by atoms with Crippen LogP contribution in [0.1, 0.15) is 38.7 Å². The zero-order valence-corrected chi connectivity index (χ0v) is 12.9. The van der Waals surface area contributed by atoms with Crippen LogP contribution in [0.2, 0.25) is 5.02 Å². The minimum absolute atomic E-state index is 0.743. The van der Waals surface area contributed by atoms with Crippen molar-refractivity contribution in [2.75, 3.05) is 13.1 Å². The Labute approximate surface area is 122 Å². The van der Waals surface area contributed by atoms with Crippen molar-refractivity contribution >= 4 is 11.6 Å². The zero-order chi connectivity index (χ0) is 13.7. The van der Waals surface area contributed by atoms with Gasteiger partial charge in [0.25, 0.3) is 0 Å². The van der Waals surface area contributed by atoms with Gasteiger partial charge in [0.1, 0.15) is 0 Å². The fraction of sp³-hybridized carbons (Fsp3) is 0.647. The monoisotopic (exact) mass is 279 g/mol. The standard InChI is InChI=1S/C17H26ClN/c1-13(2)11-19-12-16-7-4-6-15(16)9-14-5-3-8-17(18)10-14/h3,5,8,10,13,15-16,19H,4,6-7,9,11-12H2,1-2H3. The molecule has 0 spiro atoms. The highest BCUT2D eigenvalue weighted by molar-refractivity contribution is 6.30. The fourth-order valence-corrected chi connectivity index (χ4v) is 3.39. The normalized spacial score (nSPS) is 23.2. The number of hydrogen-bond acceptors (Lipinski definition) is 1. The van der Waals surface area contributed by atoms with E-state index in [9.17, 15) is 0 Å². The van der Waals surface area contributed by atoms with Crippen LogP contribution in [0.25, 0.3) is 0 Å². The molecule has 0 saturated heterocycles. The third kappa shape index (κ3) is 4.81. The van der Waals surface area contributed by atoms with Crippen molar-refractivity contribution in [2.45, 2.75) is 39.5 Å². The highest BCUT2D eigenvalue weighted by Gasteiger charge is 2.26. The van der Waals surface area contributed by atoms with Crippen molar-refractivity contribution in [1.82, 2.24) is 5.32 Å². The average Bonchev–Trinajstić information content (AvgIpc) is 2.76. The summed E-state index contributed by atoms with van der Waals surface area (Å²) in [7, 11) is 0. The lowest BCUT2D eigenvalue weighted by molar-refractivity contribution is 0.357. The summed E-state index contributed by atoms with van der Waals surface area (Å²) in [5.41, 5.74) is 1.40. The smallest absolute Gasteiger partial charge is 0.0408 e. The third-order valence-electron chi connectivity index (χ3n) is 4.16. The van der Waals surface area contributed by atoms with Gasteiger partial charge in [0.15, 0.2) is 0 Å². The van der Waals surface area contributed by atoms with E-state index in [4.69, 9.17) is 11.6 Å². The molecule has 2 atom stereocenters. The topological polar surface area (TPSA) is 12.0 Å². The van der Waals surface area contributed by atoms with Gasteiger partial charge in [0.05, 0.1) is 0 Å². The molecule has 0 heterocycles. The molecule has 2 heteroatoms. The average molecular weight is 280 g/mol. The van der Waals surface area contributed by atoms with Crippen LogP contribution < -0.4 is 5.32 Å². The quantitative estimate of drug-likeness (QED) is 0.806. The van der Waals surface area contributed by atoms with Gasteiger partial charge < -0.3 is 5.32 Å². The van der Waals surface area contributed by atoms with Gasteiger partial charge in [-0.3, -0.25) is 0 Å². The molecule has 19 heavy (non-hydrogen) atoms. The summed E-state index contributed by atoms with van der Waals surface area (Å²) in [5, 5.41) is 4.49. The van der Waals surface area contributed by atoms with E-state index in [0.29, 0.717) is 0 Å². The minimum Gasteiger partial charge on any atom is -0.316 e. The van der Waals surface area contributed by atoms with E-state index >= 15 is 0 Å². The Balaban J connectivity index is 1.84. The Morgan fingerprint density at radius 3 is 2.79 bits per heavy atom. The zero-order valence-electron chi connectivity index (χ0n) is 12.2. The van der Waals surface area contributed by atoms with Crippen molar-refractivity contribution in [3.8, 4) is 0 Å². The van der Waals surface area contributed by atoms with Crippen LogP contribution in [0.15, 0.2) is 24.3 Å². The Morgan fingerprint density at radius 1 is 1.26 bits per heavy atom. The second-order valence-electron chi connectivity index (χ2n) is 6.34. The van der Waals surface area contributed by atoms with Gasteiger partial charge in [0.2, 0.25) is 0 Å². The Kier molecular flexibility index (Phi) is 5.72. The van der Waals surface area contributed by atoms with Crippen molar-refractivity contribution in [3.05, 3.63) is 34.9 Å². The molecular formula is C17H26ClN. The first-order chi connectivity index (χ1) is 9.15. The molecule has 2 unspecified atom stereocenters. The van der Waals surface area contributed by atoms with E-state index in [1.807, 2.05) is 6.07 Å². The molecule has 0 bridgehead atoms. The molecule has 1 N–H and O–H groups in total. The Hall–Kier alpha value is -0.530. The van der Waals surface area contributed by atoms with Gasteiger partial charge in [-0.1, -0.05) is 44.0 Å². The van der Waals surface area contributed by atoms with E-state index in [-0.39, 0.29) is 0 Å². The summed E-state index contributed by atoms with van der Waals surface area (Å²) in [5.74, 6) is 2.42. The molecule has 106 valence electrons. The number of rotatable bonds is 6. The summed E-state index contributed by atoms with van der Waals surface area (Å²) in [6.45, 7) is 6.86.